The lowest BCUT2D eigenvalue weighted by Crippen LogP contribution is -2.27. The average molecular weight is 394 g/mol. The first kappa shape index (κ1) is 19.2. The van der Waals surface area contributed by atoms with Crippen LogP contribution >= 0.6 is 0 Å². The molecular weight excluding hydrogens is 372 g/mol. The number of esters is 1. The first-order valence-corrected chi connectivity index (χ1v) is 9.53. The van der Waals surface area contributed by atoms with E-state index in [1.165, 1.54) is 0 Å². The van der Waals surface area contributed by atoms with E-state index in [-0.39, 0.29) is 16.9 Å². The summed E-state index contributed by atoms with van der Waals surface area (Å²) in [5.74, 6) is 0.181. The minimum Gasteiger partial charge on any atom is -0.497 e. The van der Waals surface area contributed by atoms with Gasteiger partial charge < -0.3 is 18.6 Å². The highest BCUT2D eigenvalue weighted by Gasteiger charge is 2.29. The van der Waals surface area contributed by atoms with E-state index < -0.39 is 12.1 Å². The van der Waals surface area contributed by atoms with Crippen molar-refractivity contribution in [2.45, 2.75) is 32.8 Å². The van der Waals surface area contributed by atoms with Gasteiger partial charge >= 0.3 is 5.97 Å². The van der Waals surface area contributed by atoms with Crippen molar-refractivity contribution in [3.05, 3.63) is 57.7 Å². The van der Waals surface area contributed by atoms with Crippen LogP contribution in [0.2, 0.25) is 0 Å². The van der Waals surface area contributed by atoms with Gasteiger partial charge in [0, 0.05) is 12.2 Å². The molecule has 1 saturated heterocycles. The summed E-state index contributed by atoms with van der Waals surface area (Å²) in [5.41, 5.74) is 2.63. The number of hydrogen-bond acceptors (Lipinski definition) is 6. The van der Waals surface area contributed by atoms with Gasteiger partial charge in [0.2, 0.25) is 11.2 Å². The molecule has 0 spiro atoms. The Morgan fingerprint density at radius 2 is 1.83 bits per heavy atom. The zero-order valence-corrected chi connectivity index (χ0v) is 16.6. The summed E-state index contributed by atoms with van der Waals surface area (Å²) < 4.78 is 22.2. The number of methoxy groups -OCH3 is 1. The number of aryl methyl sites for hydroxylation is 2. The SMILES string of the molecule is COc1ccc(-c2oc3cc(C)c(C)cc3c(=O)c2OC(=O)[C@@H]2CCCO2)cc1. The van der Waals surface area contributed by atoms with Crippen LogP contribution < -0.4 is 14.9 Å². The number of carbonyl (C=O) groups excluding carboxylic acids is 1. The molecule has 1 aliphatic heterocycles. The van der Waals surface area contributed by atoms with Gasteiger partial charge in [-0.25, -0.2) is 4.79 Å². The second kappa shape index (κ2) is 7.72. The van der Waals surface area contributed by atoms with Gasteiger partial charge in [-0.3, -0.25) is 4.79 Å². The standard InChI is InChI=1S/C23H22O6/c1-13-11-17-19(12-14(13)2)28-21(15-6-8-16(26-3)9-7-15)22(20(17)24)29-23(25)18-5-4-10-27-18/h6-9,11-12,18H,4-5,10H2,1-3H3/t18-/m0/s1. The Balaban J connectivity index is 1.89. The molecule has 0 unspecified atom stereocenters. The van der Waals surface area contributed by atoms with E-state index >= 15 is 0 Å². The molecule has 150 valence electrons. The molecule has 6 nitrogen and oxygen atoms in total. The summed E-state index contributed by atoms with van der Waals surface area (Å²) in [5, 5.41) is 0.375. The van der Waals surface area contributed by atoms with Crippen molar-refractivity contribution in [3.63, 3.8) is 0 Å². The highest BCUT2D eigenvalue weighted by atomic mass is 16.6. The van der Waals surface area contributed by atoms with E-state index in [4.69, 9.17) is 18.6 Å². The lowest BCUT2D eigenvalue weighted by atomic mass is 10.0. The van der Waals surface area contributed by atoms with E-state index in [1.54, 1.807) is 37.4 Å². The predicted octanol–water partition coefficient (Wildman–Crippen LogP) is 4.17. The summed E-state index contributed by atoms with van der Waals surface area (Å²) in [7, 11) is 1.57. The van der Waals surface area contributed by atoms with Gasteiger partial charge in [-0.1, -0.05) is 0 Å². The molecule has 1 fully saturated rings. The number of benzene rings is 2. The van der Waals surface area contributed by atoms with E-state index in [0.717, 1.165) is 17.5 Å². The normalized spacial score (nSPS) is 16.2. The van der Waals surface area contributed by atoms with Crippen LogP contribution in [0.15, 0.2) is 45.6 Å². The first-order valence-electron chi connectivity index (χ1n) is 9.53. The molecule has 0 saturated carbocycles. The Hall–Kier alpha value is -3.12. The molecule has 2 heterocycles. The molecule has 4 rings (SSSR count). The van der Waals surface area contributed by atoms with Gasteiger partial charge in [0.1, 0.15) is 11.3 Å². The molecule has 1 aliphatic rings. The number of fused-ring (bicyclic) bond motifs is 1. The fourth-order valence-corrected chi connectivity index (χ4v) is 3.39. The zero-order chi connectivity index (χ0) is 20.5. The molecule has 1 aromatic heterocycles. The number of rotatable bonds is 4. The smallest absolute Gasteiger partial charge is 0.340 e. The Morgan fingerprint density at radius 3 is 2.48 bits per heavy atom. The summed E-state index contributed by atoms with van der Waals surface area (Å²) in [4.78, 5) is 25.8. The number of carbonyl (C=O) groups is 1. The number of ether oxygens (including phenoxy) is 3. The summed E-state index contributed by atoms with van der Waals surface area (Å²) >= 11 is 0. The Morgan fingerprint density at radius 1 is 1.10 bits per heavy atom. The molecule has 1 atom stereocenters. The monoisotopic (exact) mass is 394 g/mol. The Kier molecular flexibility index (Phi) is 5.11. The second-order valence-electron chi connectivity index (χ2n) is 7.17. The maximum atomic E-state index is 13.3. The van der Waals surface area contributed by atoms with Crippen molar-refractivity contribution in [1.82, 2.24) is 0 Å². The minimum absolute atomic E-state index is 0.119. The Bertz CT molecular complexity index is 1120. The fourth-order valence-electron chi connectivity index (χ4n) is 3.39. The molecular formula is C23H22O6. The van der Waals surface area contributed by atoms with E-state index in [2.05, 4.69) is 0 Å². The molecule has 0 radical (unpaired) electrons. The largest absolute Gasteiger partial charge is 0.497 e. The van der Waals surface area contributed by atoms with Gasteiger partial charge in [-0.2, -0.15) is 0 Å². The van der Waals surface area contributed by atoms with Gasteiger partial charge in [0.05, 0.1) is 12.5 Å². The topological polar surface area (TPSA) is 75.0 Å². The molecule has 0 bridgehead atoms. The van der Waals surface area contributed by atoms with Gasteiger partial charge in [-0.05, 0) is 74.2 Å². The number of hydrogen-bond donors (Lipinski definition) is 0. The third-order valence-electron chi connectivity index (χ3n) is 5.21. The molecule has 3 aromatic rings. The summed E-state index contributed by atoms with van der Waals surface area (Å²) in [6.07, 6.45) is 0.706. The average Bonchev–Trinajstić information content (AvgIpc) is 3.27. The van der Waals surface area contributed by atoms with Crippen LogP contribution in [0.4, 0.5) is 0 Å². The zero-order valence-electron chi connectivity index (χ0n) is 16.6. The van der Waals surface area contributed by atoms with Crippen LogP contribution in [-0.4, -0.2) is 25.8 Å². The molecule has 6 heteroatoms. The second-order valence-corrected chi connectivity index (χ2v) is 7.17. The van der Waals surface area contributed by atoms with Crippen LogP contribution in [0.25, 0.3) is 22.3 Å². The minimum atomic E-state index is -0.659. The predicted molar refractivity (Wildman–Crippen MR) is 109 cm³/mol. The maximum absolute atomic E-state index is 13.3. The van der Waals surface area contributed by atoms with Crippen LogP contribution in [0.5, 0.6) is 11.5 Å². The van der Waals surface area contributed by atoms with Crippen LogP contribution in [0.3, 0.4) is 0 Å². The molecule has 0 amide bonds. The van der Waals surface area contributed by atoms with Crippen LogP contribution in [0, 0.1) is 13.8 Å². The summed E-state index contributed by atoms with van der Waals surface area (Å²) in [6, 6.07) is 10.6. The summed E-state index contributed by atoms with van der Waals surface area (Å²) in [6.45, 7) is 4.38. The van der Waals surface area contributed by atoms with Crippen LogP contribution in [0.1, 0.15) is 24.0 Å². The van der Waals surface area contributed by atoms with Crippen LogP contribution in [-0.2, 0) is 9.53 Å². The molecule has 29 heavy (non-hydrogen) atoms. The third kappa shape index (κ3) is 3.63. The Labute approximate surface area is 168 Å². The highest BCUT2D eigenvalue weighted by Crippen LogP contribution is 2.33. The lowest BCUT2D eigenvalue weighted by molar-refractivity contribution is -0.144. The molecule has 0 aliphatic carbocycles. The van der Waals surface area contributed by atoms with Crippen molar-refractivity contribution < 1.29 is 23.4 Å². The van der Waals surface area contributed by atoms with Gasteiger partial charge in [0.25, 0.3) is 0 Å². The third-order valence-corrected chi connectivity index (χ3v) is 5.21. The first-order chi connectivity index (χ1) is 14.0. The van der Waals surface area contributed by atoms with Crippen molar-refractivity contribution in [2.24, 2.45) is 0 Å². The maximum Gasteiger partial charge on any atom is 0.340 e. The fraction of sp³-hybridized carbons (Fsp3) is 0.304. The van der Waals surface area contributed by atoms with E-state index in [0.29, 0.717) is 35.3 Å². The van der Waals surface area contributed by atoms with E-state index in [1.807, 2.05) is 19.9 Å². The van der Waals surface area contributed by atoms with Crippen molar-refractivity contribution in [1.29, 1.82) is 0 Å². The van der Waals surface area contributed by atoms with Gasteiger partial charge in [0.15, 0.2) is 11.9 Å². The highest BCUT2D eigenvalue weighted by molar-refractivity contribution is 5.86. The van der Waals surface area contributed by atoms with E-state index in [9.17, 15) is 9.59 Å². The van der Waals surface area contributed by atoms with Gasteiger partial charge in [-0.15, -0.1) is 0 Å². The molecule has 0 N–H and O–H groups in total. The van der Waals surface area contributed by atoms with Crippen molar-refractivity contribution in [2.75, 3.05) is 13.7 Å². The van der Waals surface area contributed by atoms with Crippen molar-refractivity contribution in [3.8, 4) is 22.8 Å². The lowest BCUT2D eigenvalue weighted by Gasteiger charge is -2.14. The quantitative estimate of drug-likeness (QED) is 0.618. The van der Waals surface area contributed by atoms with Crippen molar-refractivity contribution >= 4 is 16.9 Å². The molecule has 2 aromatic carbocycles.